The van der Waals surface area contributed by atoms with E-state index in [1.165, 1.54) is 26.2 Å². The van der Waals surface area contributed by atoms with Crippen LogP contribution in [0.5, 0.6) is 0 Å². The molecule has 8 nitrogen and oxygen atoms in total. The van der Waals surface area contributed by atoms with Crippen LogP contribution in [0.1, 0.15) is 0 Å². The van der Waals surface area contributed by atoms with E-state index in [0.717, 1.165) is 16.1 Å². The van der Waals surface area contributed by atoms with Gasteiger partial charge in [-0.3, -0.25) is 9.20 Å². The third kappa shape index (κ3) is 4.41. The number of rotatable bonds is 6. The molecule has 3 rings (SSSR count). The molecule has 148 valence electrons. The minimum Gasteiger partial charge on any atom is -0.325 e. The van der Waals surface area contributed by atoms with Gasteiger partial charge in [0.15, 0.2) is 10.8 Å². The molecule has 0 aliphatic heterocycles. The molecule has 0 saturated carbocycles. The molecule has 0 aliphatic rings. The first-order chi connectivity index (χ1) is 13.2. The number of sulfonamides is 1. The second-order valence-corrected chi connectivity index (χ2v) is 9.77. The molecule has 0 atom stereocenters. The molecule has 0 aliphatic carbocycles. The number of thioether (sulfide) groups is 1. The fourth-order valence-electron chi connectivity index (χ4n) is 2.27. The number of halogens is 2. The zero-order valence-electron chi connectivity index (χ0n) is 14.8. The maximum Gasteiger partial charge on any atom is 0.242 e. The molecule has 0 unspecified atom stereocenters. The summed E-state index contributed by atoms with van der Waals surface area (Å²) in [5.41, 5.74) is 0.821. The van der Waals surface area contributed by atoms with Crippen molar-refractivity contribution < 1.29 is 13.2 Å². The molecular formula is C16H15Cl2N5O3S2. The van der Waals surface area contributed by atoms with E-state index in [0.29, 0.717) is 26.5 Å². The molecule has 2 heterocycles. The highest BCUT2D eigenvalue weighted by Crippen LogP contribution is 2.25. The van der Waals surface area contributed by atoms with Gasteiger partial charge >= 0.3 is 0 Å². The van der Waals surface area contributed by atoms with Gasteiger partial charge < -0.3 is 5.32 Å². The van der Waals surface area contributed by atoms with Crippen LogP contribution in [-0.4, -0.2) is 53.1 Å². The van der Waals surface area contributed by atoms with Gasteiger partial charge in [-0.25, -0.2) is 12.7 Å². The Bertz CT molecular complexity index is 1150. The predicted molar refractivity (Wildman–Crippen MR) is 110 cm³/mol. The van der Waals surface area contributed by atoms with Crippen LogP contribution in [0.15, 0.2) is 46.6 Å². The summed E-state index contributed by atoms with van der Waals surface area (Å²) in [4.78, 5) is 12.4. The number of anilines is 1. The van der Waals surface area contributed by atoms with E-state index < -0.39 is 10.0 Å². The lowest BCUT2D eigenvalue weighted by atomic mass is 10.3. The first kappa shape index (κ1) is 20.9. The summed E-state index contributed by atoms with van der Waals surface area (Å²) in [5.74, 6) is -0.287. The Hall–Kier alpha value is -1.85. The Morgan fingerprint density at radius 3 is 2.71 bits per heavy atom. The molecule has 1 amide bonds. The summed E-state index contributed by atoms with van der Waals surface area (Å²) >= 11 is 13.2. The number of fused-ring (bicyclic) bond motifs is 1. The van der Waals surface area contributed by atoms with Crippen molar-refractivity contribution in [2.45, 2.75) is 10.1 Å². The van der Waals surface area contributed by atoms with Gasteiger partial charge in [0.05, 0.1) is 20.7 Å². The summed E-state index contributed by atoms with van der Waals surface area (Å²) in [6.45, 7) is 0. The first-order valence-electron chi connectivity index (χ1n) is 7.83. The maximum atomic E-state index is 12.3. The monoisotopic (exact) mass is 459 g/mol. The standard InChI is InChI=1S/C16H15Cl2N5O3S2/c1-22(2)28(25,26)12-5-3-4-11(7-12)19-14(24)9-27-16-21-20-15-13(18)6-10(17)8-23(15)16/h3-8H,9H2,1-2H3,(H,19,24). The molecule has 1 aromatic carbocycles. The van der Waals surface area contributed by atoms with Crippen molar-refractivity contribution in [3.05, 3.63) is 46.6 Å². The smallest absolute Gasteiger partial charge is 0.242 e. The summed E-state index contributed by atoms with van der Waals surface area (Å²) in [5, 5.41) is 11.9. The van der Waals surface area contributed by atoms with E-state index in [4.69, 9.17) is 23.2 Å². The van der Waals surface area contributed by atoms with Crippen LogP contribution in [0.3, 0.4) is 0 Å². The number of amides is 1. The number of hydrogen-bond acceptors (Lipinski definition) is 6. The number of nitrogens with zero attached hydrogens (tertiary/aromatic N) is 4. The van der Waals surface area contributed by atoms with Crippen LogP contribution < -0.4 is 5.32 Å². The van der Waals surface area contributed by atoms with Gasteiger partial charge in [-0.2, -0.15) is 0 Å². The Morgan fingerprint density at radius 2 is 2.00 bits per heavy atom. The minimum absolute atomic E-state index is 0.0373. The molecule has 28 heavy (non-hydrogen) atoms. The van der Waals surface area contributed by atoms with Crippen molar-refractivity contribution in [1.82, 2.24) is 18.9 Å². The van der Waals surface area contributed by atoms with Gasteiger partial charge in [0.25, 0.3) is 0 Å². The van der Waals surface area contributed by atoms with Crippen LogP contribution in [0.2, 0.25) is 10.0 Å². The molecule has 12 heteroatoms. The molecule has 0 radical (unpaired) electrons. The average molecular weight is 460 g/mol. The van der Waals surface area contributed by atoms with Crippen LogP contribution in [0, 0.1) is 0 Å². The third-order valence-corrected chi connectivity index (χ3v) is 6.86. The van der Waals surface area contributed by atoms with E-state index >= 15 is 0 Å². The van der Waals surface area contributed by atoms with Gasteiger partial charge in [-0.15, -0.1) is 10.2 Å². The van der Waals surface area contributed by atoms with Crippen molar-refractivity contribution in [1.29, 1.82) is 0 Å². The number of hydrogen-bond donors (Lipinski definition) is 1. The lowest BCUT2D eigenvalue weighted by Gasteiger charge is -2.12. The molecular weight excluding hydrogens is 445 g/mol. The lowest BCUT2D eigenvalue weighted by molar-refractivity contribution is -0.113. The number of aromatic nitrogens is 3. The van der Waals surface area contributed by atoms with Gasteiger partial charge in [-0.05, 0) is 24.3 Å². The third-order valence-electron chi connectivity index (χ3n) is 3.62. The van der Waals surface area contributed by atoms with Gasteiger partial charge in [0, 0.05) is 26.0 Å². The normalized spacial score (nSPS) is 11.9. The van der Waals surface area contributed by atoms with Crippen molar-refractivity contribution >= 4 is 62.2 Å². The summed E-state index contributed by atoms with van der Waals surface area (Å²) in [6, 6.07) is 7.61. The van der Waals surface area contributed by atoms with Gasteiger partial charge in [-0.1, -0.05) is 41.0 Å². The predicted octanol–water partition coefficient (Wildman–Crippen LogP) is 3.02. The fourth-order valence-corrected chi connectivity index (χ4v) is 4.44. The van der Waals surface area contributed by atoms with Crippen LogP contribution in [0.25, 0.3) is 5.65 Å². The Labute approximate surface area is 175 Å². The van der Waals surface area contributed by atoms with E-state index in [1.54, 1.807) is 28.8 Å². The number of nitrogens with one attached hydrogen (secondary N) is 1. The van der Waals surface area contributed by atoms with Crippen LogP contribution in [-0.2, 0) is 14.8 Å². The molecule has 0 bridgehead atoms. The highest BCUT2D eigenvalue weighted by Gasteiger charge is 2.18. The zero-order chi connectivity index (χ0) is 20.5. The van der Waals surface area contributed by atoms with Crippen molar-refractivity contribution in [3.63, 3.8) is 0 Å². The highest BCUT2D eigenvalue weighted by atomic mass is 35.5. The van der Waals surface area contributed by atoms with E-state index in [2.05, 4.69) is 15.5 Å². The average Bonchev–Trinajstić information content (AvgIpc) is 3.03. The van der Waals surface area contributed by atoms with Crippen molar-refractivity contribution in [3.8, 4) is 0 Å². The molecule has 3 aromatic rings. The number of pyridine rings is 1. The van der Waals surface area contributed by atoms with Crippen molar-refractivity contribution in [2.75, 3.05) is 25.2 Å². The second-order valence-electron chi connectivity index (χ2n) is 5.83. The SMILES string of the molecule is CN(C)S(=O)(=O)c1cccc(NC(=O)CSc2nnc3c(Cl)cc(Cl)cn23)c1. The molecule has 0 saturated heterocycles. The van der Waals surface area contributed by atoms with Crippen LogP contribution >= 0.6 is 35.0 Å². The minimum atomic E-state index is -3.59. The number of benzene rings is 1. The molecule has 0 spiro atoms. The molecule has 1 N–H and O–H groups in total. The van der Waals surface area contributed by atoms with Crippen LogP contribution in [0.4, 0.5) is 5.69 Å². The maximum absolute atomic E-state index is 12.3. The zero-order valence-corrected chi connectivity index (χ0v) is 17.9. The Balaban J connectivity index is 1.71. The van der Waals surface area contributed by atoms with Gasteiger partial charge in [0.2, 0.25) is 15.9 Å². The highest BCUT2D eigenvalue weighted by molar-refractivity contribution is 7.99. The van der Waals surface area contributed by atoms with E-state index in [-0.39, 0.29) is 16.6 Å². The lowest BCUT2D eigenvalue weighted by Crippen LogP contribution is -2.22. The fraction of sp³-hybridized carbons (Fsp3) is 0.188. The number of carbonyl (C=O) groups excluding carboxylic acids is 1. The molecule has 2 aromatic heterocycles. The second kappa shape index (κ2) is 8.26. The first-order valence-corrected chi connectivity index (χ1v) is 11.0. The Morgan fingerprint density at radius 1 is 1.25 bits per heavy atom. The van der Waals surface area contributed by atoms with E-state index in [9.17, 15) is 13.2 Å². The largest absolute Gasteiger partial charge is 0.325 e. The van der Waals surface area contributed by atoms with Crippen molar-refractivity contribution in [2.24, 2.45) is 0 Å². The number of carbonyl (C=O) groups is 1. The Kier molecular flexibility index (Phi) is 6.15. The quantitative estimate of drug-likeness (QED) is 0.568. The summed E-state index contributed by atoms with van der Waals surface area (Å²) in [7, 11) is -0.699. The van der Waals surface area contributed by atoms with Gasteiger partial charge in [0.1, 0.15) is 0 Å². The molecule has 0 fully saturated rings. The summed E-state index contributed by atoms with van der Waals surface area (Å²) in [6.07, 6.45) is 1.61. The summed E-state index contributed by atoms with van der Waals surface area (Å²) < 4.78 is 27.1. The topological polar surface area (TPSA) is 96.7 Å². The van der Waals surface area contributed by atoms with E-state index in [1.807, 2.05) is 0 Å².